The molecule has 1 heterocycles. The van der Waals surface area contributed by atoms with Gasteiger partial charge < -0.3 is 14.7 Å². The van der Waals surface area contributed by atoms with Gasteiger partial charge in [0.15, 0.2) is 0 Å². The first-order chi connectivity index (χ1) is 11.6. The number of amides is 1. The quantitative estimate of drug-likeness (QED) is 0.865. The van der Waals surface area contributed by atoms with E-state index >= 15 is 0 Å². The normalized spacial score (nSPS) is 17.1. The number of benzene rings is 2. The molecule has 4 heteroatoms. The van der Waals surface area contributed by atoms with Crippen molar-refractivity contribution in [3.8, 4) is 0 Å². The fraction of sp³-hybridized carbons (Fsp3) is 0.350. The summed E-state index contributed by atoms with van der Waals surface area (Å²) in [5.41, 5.74) is 3.43. The van der Waals surface area contributed by atoms with E-state index in [4.69, 9.17) is 0 Å². The molecule has 0 bridgehead atoms. The molecule has 2 aromatic carbocycles. The molecule has 0 spiro atoms. The van der Waals surface area contributed by atoms with Crippen LogP contribution in [0.25, 0.3) is 0 Å². The number of hydrogen-bond acceptors (Lipinski definition) is 3. The van der Waals surface area contributed by atoms with Gasteiger partial charge in [-0.25, -0.2) is 0 Å². The van der Waals surface area contributed by atoms with Crippen molar-refractivity contribution in [1.29, 1.82) is 0 Å². The largest absolute Gasteiger partial charge is 0.363 e. The topological polar surface area (TPSA) is 26.8 Å². The number of carbonyl (C=O) groups excluding carboxylic acids is 1. The molecule has 0 saturated heterocycles. The minimum Gasteiger partial charge on any atom is -0.363 e. The molecule has 0 fully saturated rings. The molecular weight excluding hydrogens is 298 g/mol. The highest BCUT2D eigenvalue weighted by molar-refractivity contribution is 5.97. The summed E-state index contributed by atoms with van der Waals surface area (Å²) in [5.74, 6) is 0.105. The van der Waals surface area contributed by atoms with Crippen molar-refractivity contribution in [2.24, 2.45) is 0 Å². The van der Waals surface area contributed by atoms with Gasteiger partial charge in [0.1, 0.15) is 0 Å². The Hall–Kier alpha value is -2.33. The first-order valence-electron chi connectivity index (χ1n) is 8.38. The predicted octanol–water partition coefficient (Wildman–Crippen LogP) is 2.99. The second kappa shape index (κ2) is 7.05. The molecule has 4 nitrogen and oxygen atoms in total. The van der Waals surface area contributed by atoms with Crippen LogP contribution in [0.4, 0.5) is 11.4 Å². The van der Waals surface area contributed by atoms with Crippen molar-refractivity contribution in [3.05, 3.63) is 60.2 Å². The van der Waals surface area contributed by atoms with Gasteiger partial charge in [0.25, 0.3) is 0 Å². The highest BCUT2D eigenvalue weighted by atomic mass is 16.2. The number of hydrogen-bond donors (Lipinski definition) is 0. The lowest BCUT2D eigenvalue weighted by Gasteiger charge is -2.44. The summed E-state index contributed by atoms with van der Waals surface area (Å²) in [5, 5.41) is 0. The van der Waals surface area contributed by atoms with Crippen molar-refractivity contribution in [3.63, 3.8) is 0 Å². The number of para-hydroxylation sites is 2. The van der Waals surface area contributed by atoms with Gasteiger partial charge in [0.05, 0.1) is 17.4 Å². The van der Waals surface area contributed by atoms with Crippen LogP contribution in [0.5, 0.6) is 0 Å². The van der Waals surface area contributed by atoms with Crippen LogP contribution in [-0.2, 0) is 11.3 Å². The molecule has 0 aromatic heterocycles. The summed E-state index contributed by atoms with van der Waals surface area (Å²) in [7, 11) is 4.11. The monoisotopic (exact) mass is 323 g/mol. The molecule has 0 N–H and O–H groups in total. The number of anilines is 2. The lowest BCUT2D eigenvalue weighted by atomic mass is 10.0. The number of likely N-dealkylation sites (N-methyl/N-ethyl adjacent to an activating group) is 1. The van der Waals surface area contributed by atoms with E-state index in [-0.39, 0.29) is 11.9 Å². The highest BCUT2D eigenvalue weighted by Gasteiger charge is 2.33. The van der Waals surface area contributed by atoms with E-state index in [1.165, 1.54) is 5.56 Å². The molecule has 1 aliphatic heterocycles. The maximum atomic E-state index is 12.3. The van der Waals surface area contributed by atoms with Crippen LogP contribution in [0.2, 0.25) is 0 Å². The van der Waals surface area contributed by atoms with Crippen molar-refractivity contribution >= 4 is 17.3 Å². The highest BCUT2D eigenvalue weighted by Crippen LogP contribution is 2.36. The minimum atomic E-state index is 0.105. The molecule has 1 aliphatic rings. The first-order valence-corrected chi connectivity index (χ1v) is 8.38. The van der Waals surface area contributed by atoms with Crippen LogP contribution in [-0.4, -0.2) is 44.0 Å². The van der Waals surface area contributed by atoms with Crippen LogP contribution in [0, 0.1) is 0 Å². The molecule has 1 atom stereocenters. The zero-order chi connectivity index (χ0) is 17.1. The summed E-state index contributed by atoms with van der Waals surface area (Å²) in [6.07, 6.45) is 0. The van der Waals surface area contributed by atoms with Crippen LogP contribution in [0.1, 0.15) is 12.5 Å². The Morgan fingerprint density at radius 2 is 1.67 bits per heavy atom. The van der Waals surface area contributed by atoms with Crippen molar-refractivity contribution in [2.45, 2.75) is 19.5 Å². The van der Waals surface area contributed by atoms with Crippen LogP contribution < -0.4 is 9.80 Å². The Kier molecular flexibility index (Phi) is 4.86. The van der Waals surface area contributed by atoms with E-state index in [2.05, 4.69) is 60.3 Å². The number of carbonyl (C=O) groups is 1. The Morgan fingerprint density at radius 3 is 2.29 bits per heavy atom. The third kappa shape index (κ3) is 3.44. The molecule has 3 rings (SSSR count). The molecule has 0 radical (unpaired) electrons. The van der Waals surface area contributed by atoms with Gasteiger partial charge in [-0.2, -0.15) is 0 Å². The van der Waals surface area contributed by atoms with Crippen LogP contribution in [0.3, 0.4) is 0 Å². The van der Waals surface area contributed by atoms with E-state index in [0.29, 0.717) is 0 Å². The Bertz CT molecular complexity index is 699. The molecule has 1 amide bonds. The SMILES string of the molecule is CC(=O)N1c2ccccc2N(Cc2ccccc2)CC1CN(C)C. The van der Waals surface area contributed by atoms with E-state index in [1.807, 2.05) is 23.1 Å². The smallest absolute Gasteiger partial charge is 0.224 e. The van der Waals surface area contributed by atoms with Gasteiger partial charge in [0.2, 0.25) is 5.91 Å². The van der Waals surface area contributed by atoms with Gasteiger partial charge in [0, 0.05) is 26.6 Å². The van der Waals surface area contributed by atoms with Crippen molar-refractivity contribution in [1.82, 2.24) is 4.90 Å². The summed E-state index contributed by atoms with van der Waals surface area (Å²) in [6.45, 7) is 4.20. The molecule has 24 heavy (non-hydrogen) atoms. The predicted molar refractivity (Wildman–Crippen MR) is 99.4 cm³/mol. The lowest BCUT2D eigenvalue weighted by Crippen LogP contribution is -2.54. The average Bonchev–Trinajstić information content (AvgIpc) is 2.55. The Balaban J connectivity index is 1.97. The average molecular weight is 323 g/mol. The van der Waals surface area contributed by atoms with Crippen molar-refractivity contribution < 1.29 is 4.79 Å². The second-order valence-electron chi connectivity index (χ2n) is 6.66. The van der Waals surface area contributed by atoms with E-state index in [0.717, 1.165) is 31.0 Å². The fourth-order valence-corrected chi connectivity index (χ4v) is 3.51. The Morgan fingerprint density at radius 1 is 1.04 bits per heavy atom. The third-order valence-corrected chi connectivity index (χ3v) is 4.41. The molecule has 1 unspecified atom stereocenters. The summed E-state index contributed by atoms with van der Waals surface area (Å²) < 4.78 is 0. The molecule has 0 aliphatic carbocycles. The van der Waals surface area contributed by atoms with Crippen LogP contribution in [0.15, 0.2) is 54.6 Å². The molecule has 2 aromatic rings. The number of nitrogens with zero attached hydrogens (tertiary/aromatic N) is 3. The number of fused-ring (bicyclic) bond motifs is 1. The fourth-order valence-electron chi connectivity index (χ4n) is 3.51. The zero-order valence-corrected chi connectivity index (χ0v) is 14.6. The lowest BCUT2D eigenvalue weighted by molar-refractivity contribution is -0.117. The zero-order valence-electron chi connectivity index (χ0n) is 14.6. The second-order valence-corrected chi connectivity index (χ2v) is 6.66. The Labute approximate surface area is 144 Å². The van der Waals surface area contributed by atoms with E-state index in [9.17, 15) is 4.79 Å². The van der Waals surface area contributed by atoms with Gasteiger partial charge in [-0.05, 0) is 31.8 Å². The first kappa shape index (κ1) is 16.5. The van der Waals surface area contributed by atoms with Crippen molar-refractivity contribution in [2.75, 3.05) is 37.0 Å². The van der Waals surface area contributed by atoms with E-state index in [1.54, 1.807) is 6.92 Å². The van der Waals surface area contributed by atoms with Gasteiger partial charge in [-0.1, -0.05) is 42.5 Å². The molecule has 126 valence electrons. The van der Waals surface area contributed by atoms with Gasteiger partial charge in [-0.3, -0.25) is 4.79 Å². The number of rotatable bonds is 4. The summed E-state index contributed by atoms with van der Waals surface area (Å²) in [4.78, 5) is 18.8. The maximum Gasteiger partial charge on any atom is 0.224 e. The summed E-state index contributed by atoms with van der Waals surface area (Å²) >= 11 is 0. The van der Waals surface area contributed by atoms with E-state index < -0.39 is 0 Å². The third-order valence-electron chi connectivity index (χ3n) is 4.41. The standard InChI is InChI=1S/C20H25N3O/c1-16(24)23-18(14-21(2)3)15-22(13-17-9-5-4-6-10-17)19-11-7-8-12-20(19)23/h4-12,18H,13-15H2,1-3H3. The van der Waals surface area contributed by atoms with Gasteiger partial charge >= 0.3 is 0 Å². The molecular formula is C20H25N3O. The van der Waals surface area contributed by atoms with Gasteiger partial charge in [-0.15, -0.1) is 0 Å². The minimum absolute atomic E-state index is 0.105. The molecule has 0 saturated carbocycles. The maximum absolute atomic E-state index is 12.3. The van der Waals surface area contributed by atoms with Crippen LogP contribution >= 0.6 is 0 Å². The summed E-state index contributed by atoms with van der Waals surface area (Å²) in [6, 6.07) is 18.9.